The van der Waals surface area contributed by atoms with Crippen LogP contribution in [0, 0.1) is 0 Å². The minimum atomic E-state index is 0.841. The van der Waals surface area contributed by atoms with Gasteiger partial charge in [-0.1, -0.05) is 25.1 Å². The molecule has 0 saturated carbocycles. The Labute approximate surface area is 121 Å². The van der Waals surface area contributed by atoms with Crippen LogP contribution >= 0.6 is 11.8 Å². The molecule has 1 unspecified atom stereocenters. The first-order chi connectivity index (χ1) is 9.35. The number of rotatable bonds is 3. The lowest BCUT2D eigenvalue weighted by molar-refractivity contribution is 0.273. The van der Waals surface area contributed by atoms with E-state index in [0.717, 1.165) is 24.9 Å². The summed E-state index contributed by atoms with van der Waals surface area (Å²) in [4.78, 5) is 2.63. The Kier molecular flexibility index (Phi) is 4.46. The highest BCUT2D eigenvalue weighted by Gasteiger charge is 2.19. The number of nitrogens with zero attached hydrogens (tertiary/aromatic N) is 1. The Hall–Kier alpha value is -0.510. The highest BCUT2D eigenvalue weighted by atomic mass is 32.2. The lowest BCUT2D eigenvalue weighted by Crippen LogP contribution is -2.37. The molecule has 1 atom stereocenters. The number of hydrogen-bond donors (Lipinski definition) is 1. The second-order valence-electron chi connectivity index (χ2n) is 5.67. The zero-order valence-corrected chi connectivity index (χ0v) is 12.6. The number of hydrogen-bond acceptors (Lipinski definition) is 3. The quantitative estimate of drug-likeness (QED) is 0.914. The van der Waals surface area contributed by atoms with Gasteiger partial charge in [-0.15, -0.1) is 0 Å². The molecule has 2 nitrogen and oxygen atoms in total. The van der Waals surface area contributed by atoms with Crippen LogP contribution in [0.15, 0.2) is 18.2 Å². The molecule has 2 aliphatic rings. The van der Waals surface area contributed by atoms with Gasteiger partial charge in [0.2, 0.25) is 0 Å². The maximum Gasteiger partial charge on any atom is 0.0234 e. The fraction of sp³-hybridized carbons (Fsp3) is 0.625. The summed E-state index contributed by atoms with van der Waals surface area (Å²) in [6.07, 6.45) is 2.49. The van der Waals surface area contributed by atoms with Crippen LogP contribution in [0.5, 0.6) is 0 Å². The predicted molar refractivity (Wildman–Crippen MR) is 83.7 cm³/mol. The molecule has 0 aliphatic carbocycles. The van der Waals surface area contributed by atoms with Crippen LogP contribution in [0.1, 0.15) is 30.0 Å². The van der Waals surface area contributed by atoms with Crippen molar-refractivity contribution in [2.24, 2.45) is 0 Å². The van der Waals surface area contributed by atoms with Gasteiger partial charge in [0.05, 0.1) is 0 Å². The fourth-order valence-corrected chi connectivity index (χ4v) is 4.31. The van der Waals surface area contributed by atoms with E-state index in [1.807, 2.05) is 0 Å². The molecule has 19 heavy (non-hydrogen) atoms. The zero-order chi connectivity index (χ0) is 13.1. The number of fused-ring (bicyclic) bond motifs is 1. The second-order valence-corrected chi connectivity index (χ2v) is 7.07. The smallest absolute Gasteiger partial charge is 0.0234 e. The molecular weight excluding hydrogens is 252 g/mol. The van der Waals surface area contributed by atoms with Crippen molar-refractivity contribution < 1.29 is 0 Å². The van der Waals surface area contributed by atoms with E-state index in [1.54, 1.807) is 5.56 Å². The average molecular weight is 276 g/mol. The molecule has 0 bridgehead atoms. The summed E-state index contributed by atoms with van der Waals surface area (Å²) in [5.74, 6) is 1.30. The van der Waals surface area contributed by atoms with Crippen molar-refractivity contribution in [2.45, 2.75) is 38.1 Å². The Morgan fingerprint density at radius 1 is 1.37 bits per heavy atom. The molecule has 1 fully saturated rings. The maximum absolute atomic E-state index is 3.47. The topological polar surface area (TPSA) is 15.3 Å². The minimum absolute atomic E-state index is 0.841. The van der Waals surface area contributed by atoms with Gasteiger partial charge < -0.3 is 5.32 Å². The molecule has 0 amide bonds. The molecule has 2 heterocycles. The van der Waals surface area contributed by atoms with Gasteiger partial charge in [-0.2, -0.15) is 11.8 Å². The molecule has 2 aliphatic heterocycles. The highest BCUT2D eigenvalue weighted by molar-refractivity contribution is 8.00. The van der Waals surface area contributed by atoms with Crippen LogP contribution in [0.25, 0.3) is 0 Å². The van der Waals surface area contributed by atoms with E-state index in [0.29, 0.717) is 0 Å². The van der Waals surface area contributed by atoms with Crippen LogP contribution in [-0.2, 0) is 19.5 Å². The van der Waals surface area contributed by atoms with Crippen LogP contribution in [0.3, 0.4) is 0 Å². The van der Waals surface area contributed by atoms with Crippen molar-refractivity contribution in [3.63, 3.8) is 0 Å². The molecule has 1 N–H and O–H groups in total. The SMILES string of the molecule is CCC1CN(Cc2ccc3c(c2)CNCC3)CCS1. The highest BCUT2D eigenvalue weighted by Crippen LogP contribution is 2.23. The van der Waals surface area contributed by atoms with E-state index < -0.39 is 0 Å². The average Bonchev–Trinajstić information content (AvgIpc) is 2.47. The van der Waals surface area contributed by atoms with Crippen molar-refractivity contribution >= 4 is 11.8 Å². The molecule has 104 valence electrons. The zero-order valence-electron chi connectivity index (χ0n) is 11.8. The molecule has 1 saturated heterocycles. The van der Waals surface area contributed by atoms with Crippen molar-refractivity contribution in [3.05, 3.63) is 34.9 Å². The summed E-state index contributed by atoms with van der Waals surface area (Å²) in [7, 11) is 0. The first-order valence-corrected chi connectivity index (χ1v) is 8.55. The van der Waals surface area contributed by atoms with E-state index in [-0.39, 0.29) is 0 Å². The standard InChI is InChI=1S/C16H24N2S/c1-2-16-12-18(7-8-19-16)11-13-3-4-14-5-6-17-10-15(14)9-13/h3-4,9,16-17H,2,5-8,10-12H2,1H3. The van der Waals surface area contributed by atoms with Gasteiger partial charge in [-0.25, -0.2) is 0 Å². The van der Waals surface area contributed by atoms with Crippen molar-refractivity contribution in [3.8, 4) is 0 Å². The summed E-state index contributed by atoms with van der Waals surface area (Å²) in [6.45, 7) is 8.13. The van der Waals surface area contributed by atoms with E-state index in [2.05, 4.69) is 47.1 Å². The summed E-state index contributed by atoms with van der Waals surface area (Å²) >= 11 is 2.15. The number of nitrogens with one attached hydrogen (secondary N) is 1. The Bertz CT molecular complexity index is 433. The van der Waals surface area contributed by atoms with Gasteiger partial charge in [0.15, 0.2) is 0 Å². The molecule has 0 spiro atoms. The van der Waals surface area contributed by atoms with E-state index in [1.165, 1.54) is 42.8 Å². The second kappa shape index (κ2) is 6.29. The van der Waals surface area contributed by atoms with Crippen LogP contribution < -0.4 is 5.32 Å². The van der Waals surface area contributed by atoms with Gasteiger partial charge in [0, 0.05) is 37.2 Å². The number of benzene rings is 1. The summed E-state index contributed by atoms with van der Waals surface area (Å²) < 4.78 is 0. The third kappa shape index (κ3) is 3.33. The summed E-state index contributed by atoms with van der Waals surface area (Å²) in [6, 6.07) is 7.11. The third-order valence-corrected chi connectivity index (χ3v) is 5.61. The normalized spacial score (nSPS) is 24.2. The summed E-state index contributed by atoms with van der Waals surface area (Å²) in [5, 5.41) is 4.31. The van der Waals surface area contributed by atoms with Crippen molar-refractivity contribution in [1.82, 2.24) is 10.2 Å². The van der Waals surface area contributed by atoms with Crippen molar-refractivity contribution in [2.75, 3.05) is 25.4 Å². The molecule has 3 heteroatoms. The van der Waals surface area contributed by atoms with Crippen LogP contribution in [0.4, 0.5) is 0 Å². The van der Waals surface area contributed by atoms with Gasteiger partial charge >= 0.3 is 0 Å². The first-order valence-electron chi connectivity index (χ1n) is 7.50. The molecule has 1 aromatic carbocycles. The fourth-order valence-electron chi connectivity index (χ4n) is 3.06. The van der Waals surface area contributed by atoms with Gasteiger partial charge in [-0.05, 0) is 36.1 Å². The first kappa shape index (κ1) is 13.5. The van der Waals surface area contributed by atoms with Crippen LogP contribution in [0.2, 0.25) is 0 Å². The maximum atomic E-state index is 3.47. The lowest BCUT2D eigenvalue weighted by Gasteiger charge is -2.32. The van der Waals surface area contributed by atoms with Crippen molar-refractivity contribution in [1.29, 1.82) is 0 Å². The van der Waals surface area contributed by atoms with E-state index >= 15 is 0 Å². The number of thioether (sulfide) groups is 1. The molecule has 0 aromatic heterocycles. The molecule has 1 aromatic rings. The Morgan fingerprint density at radius 3 is 3.21 bits per heavy atom. The summed E-state index contributed by atoms with van der Waals surface area (Å²) in [5.41, 5.74) is 4.55. The monoisotopic (exact) mass is 276 g/mol. The molecule has 3 rings (SSSR count). The predicted octanol–water partition coefficient (Wildman–Crippen LogP) is 2.66. The minimum Gasteiger partial charge on any atom is -0.312 e. The van der Waals surface area contributed by atoms with Crippen LogP contribution in [-0.4, -0.2) is 35.5 Å². The van der Waals surface area contributed by atoms with E-state index in [4.69, 9.17) is 0 Å². The Morgan fingerprint density at radius 2 is 2.32 bits per heavy atom. The largest absolute Gasteiger partial charge is 0.312 e. The van der Waals surface area contributed by atoms with Gasteiger partial charge in [-0.3, -0.25) is 4.90 Å². The van der Waals surface area contributed by atoms with E-state index in [9.17, 15) is 0 Å². The molecule has 0 radical (unpaired) electrons. The van der Waals surface area contributed by atoms with Gasteiger partial charge in [0.25, 0.3) is 0 Å². The molecular formula is C16H24N2S. The van der Waals surface area contributed by atoms with Gasteiger partial charge in [0.1, 0.15) is 0 Å². The Balaban J connectivity index is 1.66. The lowest BCUT2D eigenvalue weighted by atomic mass is 9.98. The third-order valence-electron chi connectivity index (χ3n) is 4.24.